The average Bonchev–Trinajstić information content (AvgIpc) is 2.86. The van der Waals surface area contributed by atoms with Gasteiger partial charge in [0, 0.05) is 10.6 Å². The van der Waals surface area contributed by atoms with Crippen molar-refractivity contribution in [1.82, 2.24) is 10.2 Å². The molecule has 3 rings (SSSR count). The van der Waals surface area contributed by atoms with Gasteiger partial charge in [0.2, 0.25) is 0 Å². The summed E-state index contributed by atoms with van der Waals surface area (Å²) in [6.45, 7) is -1.49. The minimum atomic E-state index is -3.00. The molecule has 0 radical (unpaired) electrons. The molecule has 0 spiro atoms. The van der Waals surface area contributed by atoms with Crippen LogP contribution in [0.3, 0.4) is 0 Å². The second kappa shape index (κ2) is 7.63. The van der Waals surface area contributed by atoms with Gasteiger partial charge in [-0.25, -0.2) is 4.79 Å². The molecule has 1 fully saturated rings. The Morgan fingerprint density at radius 3 is 2.54 bits per heavy atom. The lowest BCUT2D eigenvalue weighted by atomic mass is 9.92. The minimum absolute atomic E-state index is 0.0683. The number of nitrogens with zero attached hydrogens (tertiary/aromatic N) is 1. The number of carbonyl (C=O) groups is 2. The zero-order valence-corrected chi connectivity index (χ0v) is 15.8. The van der Waals surface area contributed by atoms with E-state index in [1.807, 2.05) is 0 Å². The van der Waals surface area contributed by atoms with Crippen LogP contribution < -0.4 is 14.8 Å². The van der Waals surface area contributed by atoms with Crippen LogP contribution in [0.4, 0.5) is 13.6 Å². The third-order valence-corrected chi connectivity index (χ3v) is 4.80. The van der Waals surface area contributed by atoms with Crippen LogP contribution in [0.5, 0.6) is 11.5 Å². The zero-order valence-electron chi connectivity index (χ0n) is 15.0. The average molecular weight is 411 g/mol. The second-order valence-electron chi connectivity index (χ2n) is 6.29. The van der Waals surface area contributed by atoms with Gasteiger partial charge in [-0.3, -0.25) is 9.69 Å². The van der Waals surface area contributed by atoms with Crippen LogP contribution >= 0.6 is 11.6 Å². The Hall–Kier alpha value is -2.87. The van der Waals surface area contributed by atoms with Crippen molar-refractivity contribution >= 4 is 23.5 Å². The number of carbonyl (C=O) groups excluding carboxylic acids is 2. The third kappa shape index (κ3) is 3.60. The van der Waals surface area contributed by atoms with Crippen molar-refractivity contribution in [3.8, 4) is 11.5 Å². The van der Waals surface area contributed by atoms with E-state index in [0.717, 1.165) is 4.90 Å². The molecule has 2 aromatic rings. The number of methoxy groups -OCH3 is 1. The van der Waals surface area contributed by atoms with Crippen molar-refractivity contribution < 1.29 is 27.8 Å². The highest BCUT2D eigenvalue weighted by Gasteiger charge is 2.49. The topological polar surface area (TPSA) is 67.9 Å². The molecular formula is C19H17ClF2N2O4. The number of hydrogen-bond donors (Lipinski definition) is 1. The van der Waals surface area contributed by atoms with Crippen molar-refractivity contribution in [3.63, 3.8) is 0 Å². The molecule has 3 amide bonds. The van der Waals surface area contributed by atoms with Crippen LogP contribution in [0.2, 0.25) is 5.02 Å². The smallest absolute Gasteiger partial charge is 0.387 e. The molecule has 148 valence electrons. The standard InChI is InChI=1S/C19H17ClF2N2O4/c1-19(12-5-3-4-6-13(12)20)16(25)24(18(26)23-19)10-11-7-8-14(28-17(21)22)15(9-11)27-2/h3-9,17H,10H2,1-2H3,(H,23,26)/t19-/m1/s1. The lowest BCUT2D eigenvalue weighted by molar-refractivity contribution is -0.131. The number of rotatable bonds is 6. The summed E-state index contributed by atoms with van der Waals surface area (Å²) in [5.41, 5.74) is -0.320. The maximum absolute atomic E-state index is 13.0. The van der Waals surface area contributed by atoms with Gasteiger partial charge in [0.05, 0.1) is 13.7 Å². The SMILES string of the molecule is COc1cc(CN2C(=O)N[C@](C)(c3ccccc3Cl)C2=O)ccc1OC(F)F. The van der Waals surface area contributed by atoms with Crippen LogP contribution in [-0.2, 0) is 16.9 Å². The fourth-order valence-electron chi connectivity index (χ4n) is 3.08. The van der Waals surface area contributed by atoms with Gasteiger partial charge < -0.3 is 14.8 Å². The highest BCUT2D eigenvalue weighted by atomic mass is 35.5. The molecule has 1 saturated heterocycles. The van der Waals surface area contributed by atoms with Crippen LogP contribution in [0, 0.1) is 0 Å². The second-order valence-corrected chi connectivity index (χ2v) is 6.70. The monoisotopic (exact) mass is 410 g/mol. The van der Waals surface area contributed by atoms with Crippen molar-refractivity contribution in [2.45, 2.75) is 25.6 Å². The first-order valence-corrected chi connectivity index (χ1v) is 8.65. The molecule has 0 bridgehead atoms. The molecule has 1 aliphatic rings. The normalized spacial score (nSPS) is 19.1. The van der Waals surface area contributed by atoms with Crippen molar-refractivity contribution in [3.05, 3.63) is 58.6 Å². The fraction of sp³-hybridized carbons (Fsp3) is 0.263. The Morgan fingerprint density at radius 1 is 1.18 bits per heavy atom. The van der Waals surface area contributed by atoms with Crippen molar-refractivity contribution in [2.24, 2.45) is 0 Å². The molecule has 6 nitrogen and oxygen atoms in total. The molecule has 0 aromatic heterocycles. The van der Waals surface area contributed by atoms with E-state index in [1.165, 1.54) is 25.3 Å². The minimum Gasteiger partial charge on any atom is -0.493 e. The molecule has 1 heterocycles. The molecule has 1 aliphatic heterocycles. The zero-order chi connectivity index (χ0) is 20.5. The number of urea groups is 1. The van der Waals surface area contributed by atoms with Crippen LogP contribution in [-0.4, -0.2) is 30.6 Å². The predicted molar refractivity (Wildman–Crippen MR) is 97.5 cm³/mol. The van der Waals surface area contributed by atoms with Gasteiger partial charge in [-0.15, -0.1) is 0 Å². The van der Waals surface area contributed by atoms with Crippen LogP contribution in [0.15, 0.2) is 42.5 Å². The molecule has 9 heteroatoms. The summed E-state index contributed by atoms with van der Waals surface area (Å²) in [6.07, 6.45) is 0. The van der Waals surface area contributed by atoms with Gasteiger partial charge in [-0.05, 0) is 30.7 Å². The van der Waals surface area contributed by atoms with E-state index in [2.05, 4.69) is 10.1 Å². The molecular weight excluding hydrogens is 394 g/mol. The van der Waals surface area contributed by atoms with Crippen LogP contribution in [0.25, 0.3) is 0 Å². The summed E-state index contributed by atoms with van der Waals surface area (Å²) in [6, 6.07) is 10.4. The van der Waals surface area contributed by atoms with E-state index in [9.17, 15) is 18.4 Å². The molecule has 0 unspecified atom stereocenters. The Kier molecular flexibility index (Phi) is 5.42. The molecule has 0 saturated carbocycles. The maximum atomic E-state index is 13.0. The van der Waals surface area contributed by atoms with Gasteiger partial charge in [-0.2, -0.15) is 8.78 Å². The van der Waals surface area contributed by atoms with Gasteiger partial charge in [0.1, 0.15) is 5.54 Å². The summed E-state index contributed by atoms with van der Waals surface area (Å²) in [5, 5.41) is 3.03. The highest BCUT2D eigenvalue weighted by Crippen LogP contribution is 2.35. The number of halogens is 3. The van der Waals surface area contributed by atoms with Gasteiger partial charge in [-0.1, -0.05) is 35.9 Å². The van der Waals surface area contributed by atoms with Gasteiger partial charge >= 0.3 is 12.6 Å². The number of hydrogen-bond acceptors (Lipinski definition) is 4. The lowest BCUT2D eigenvalue weighted by Gasteiger charge is -2.23. The van der Waals surface area contributed by atoms with Gasteiger partial charge in [0.25, 0.3) is 5.91 Å². The summed E-state index contributed by atoms with van der Waals surface area (Å²) >= 11 is 6.20. The lowest BCUT2D eigenvalue weighted by Crippen LogP contribution is -2.41. The largest absolute Gasteiger partial charge is 0.493 e. The summed E-state index contributed by atoms with van der Waals surface area (Å²) in [4.78, 5) is 26.5. The first-order valence-electron chi connectivity index (χ1n) is 8.27. The quantitative estimate of drug-likeness (QED) is 0.733. The fourth-order valence-corrected chi connectivity index (χ4v) is 3.40. The van der Waals surface area contributed by atoms with E-state index < -0.39 is 24.1 Å². The van der Waals surface area contributed by atoms with Crippen LogP contribution in [0.1, 0.15) is 18.1 Å². The van der Waals surface area contributed by atoms with Gasteiger partial charge in [0.15, 0.2) is 11.5 Å². The molecule has 28 heavy (non-hydrogen) atoms. The number of benzene rings is 2. The van der Waals surface area contributed by atoms with Crippen molar-refractivity contribution in [1.29, 1.82) is 0 Å². The van der Waals surface area contributed by atoms with E-state index in [0.29, 0.717) is 16.1 Å². The molecule has 1 atom stereocenters. The number of imide groups is 1. The first kappa shape index (κ1) is 19.9. The summed E-state index contributed by atoms with van der Waals surface area (Å²) in [7, 11) is 1.31. The molecule has 1 N–H and O–H groups in total. The summed E-state index contributed by atoms with van der Waals surface area (Å²) in [5.74, 6) is -0.546. The maximum Gasteiger partial charge on any atom is 0.387 e. The molecule has 2 aromatic carbocycles. The number of ether oxygens (including phenoxy) is 2. The number of amides is 3. The highest BCUT2D eigenvalue weighted by molar-refractivity contribution is 6.32. The Labute approximate surface area is 165 Å². The van der Waals surface area contributed by atoms with Crippen molar-refractivity contribution in [2.75, 3.05) is 7.11 Å². The predicted octanol–water partition coefficient (Wildman–Crippen LogP) is 3.92. The van der Waals surface area contributed by atoms with E-state index in [-0.39, 0.29) is 18.0 Å². The van der Waals surface area contributed by atoms with E-state index in [4.69, 9.17) is 16.3 Å². The third-order valence-electron chi connectivity index (χ3n) is 4.47. The first-order chi connectivity index (χ1) is 13.3. The Morgan fingerprint density at radius 2 is 1.89 bits per heavy atom. The van der Waals surface area contributed by atoms with E-state index >= 15 is 0 Å². The number of alkyl halides is 2. The molecule has 0 aliphatic carbocycles. The Bertz CT molecular complexity index is 925. The van der Waals surface area contributed by atoms with E-state index in [1.54, 1.807) is 31.2 Å². The number of nitrogens with one attached hydrogen (secondary N) is 1. The summed E-state index contributed by atoms with van der Waals surface area (Å²) < 4.78 is 34.3. The Balaban J connectivity index is 1.86.